The molecule has 0 bridgehead atoms. The van der Waals surface area contributed by atoms with Crippen LogP contribution in [0.3, 0.4) is 0 Å². The number of hydrogen-bond acceptors (Lipinski definition) is 5. The Morgan fingerprint density at radius 1 is 1.25 bits per heavy atom. The van der Waals surface area contributed by atoms with Gasteiger partial charge in [0.1, 0.15) is 5.82 Å². The van der Waals surface area contributed by atoms with Crippen LogP contribution in [0.4, 0.5) is 4.39 Å². The van der Waals surface area contributed by atoms with E-state index in [-0.39, 0.29) is 23.4 Å². The molecule has 0 fully saturated rings. The van der Waals surface area contributed by atoms with E-state index in [4.69, 9.17) is 4.42 Å². The number of furan rings is 1. The number of ether oxygens (including phenoxy) is 1. The molecule has 0 aliphatic rings. The van der Waals surface area contributed by atoms with Crippen LogP contribution in [0.1, 0.15) is 16.1 Å². The molecule has 0 aliphatic carbocycles. The quantitative estimate of drug-likeness (QED) is 0.688. The molecule has 3 aromatic rings. The van der Waals surface area contributed by atoms with Crippen LogP contribution >= 0.6 is 0 Å². The number of methoxy groups -OCH3 is 1. The molecule has 0 saturated heterocycles. The minimum absolute atomic E-state index is 0.00204. The summed E-state index contributed by atoms with van der Waals surface area (Å²) in [6.45, 7) is 0.00204. The van der Waals surface area contributed by atoms with E-state index in [9.17, 15) is 14.0 Å². The number of benzene rings is 1. The summed E-state index contributed by atoms with van der Waals surface area (Å²) in [5.74, 6) is -1.08. The molecule has 0 aliphatic heterocycles. The lowest BCUT2D eigenvalue weighted by Crippen LogP contribution is -2.23. The predicted molar refractivity (Wildman–Crippen MR) is 83.0 cm³/mol. The highest BCUT2D eigenvalue weighted by Crippen LogP contribution is 2.19. The summed E-state index contributed by atoms with van der Waals surface area (Å²) >= 11 is 0. The third kappa shape index (κ3) is 2.96. The highest BCUT2D eigenvalue weighted by atomic mass is 19.1. The number of hydrogen-bond donors (Lipinski definition) is 0. The van der Waals surface area contributed by atoms with Crippen molar-refractivity contribution in [2.24, 2.45) is 0 Å². The van der Waals surface area contributed by atoms with Crippen molar-refractivity contribution in [2.75, 3.05) is 7.11 Å². The number of esters is 1. The van der Waals surface area contributed by atoms with Crippen LogP contribution in [-0.2, 0) is 11.3 Å². The molecule has 0 amide bonds. The molecule has 1 aromatic carbocycles. The Labute approximate surface area is 136 Å². The molecule has 0 saturated carbocycles. The van der Waals surface area contributed by atoms with Crippen molar-refractivity contribution in [3.05, 3.63) is 76.2 Å². The van der Waals surface area contributed by atoms with Gasteiger partial charge in [0.25, 0.3) is 5.56 Å². The van der Waals surface area contributed by atoms with Gasteiger partial charge in [-0.2, -0.15) is 5.10 Å². The number of aromatic nitrogens is 2. The smallest absolute Gasteiger partial charge is 0.374 e. The molecule has 0 atom stereocenters. The highest BCUT2D eigenvalue weighted by molar-refractivity contribution is 5.87. The van der Waals surface area contributed by atoms with Gasteiger partial charge in [0.2, 0.25) is 5.76 Å². The summed E-state index contributed by atoms with van der Waals surface area (Å²) in [5.41, 5.74) is 0.664. The predicted octanol–water partition coefficient (Wildman–Crippen LogP) is 2.48. The van der Waals surface area contributed by atoms with Crippen LogP contribution in [0.15, 0.2) is 57.9 Å². The van der Waals surface area contributed by atoms with Crippen LogP contribution in [0.5, 0.6) is 0 Å². The van der Waals surface area contributed by atoms with Gasteiger partial charge in [0.05, 0.1) is 25.6 Å². The molecule has 6 nitrogen and oxygen atoms in total. The van der Waals surface area contributed by atoms with Gasteiger partial charge in [0.15, 0.2) is 0 Å². The molecule has 0 spiro atoms. The van der Waals surface area contributed by atoms with E-state index in [1.54, 1.807) is 24.3 Å². The first-order valence-electron chi connectivity index (χ1n) is 7.08. The zero-order valence-corrected chi connectivity index (χ0v) is 12.7. The molecule has 0 unspecified atom stereocenters. The lowest BCUT2D eigenvalue weighted by Gasteiger charge is -2.07. The van der Waals surface area contributed by atoms with E-state index in [1.807, 2.05) is 0 Å². The second-order valence-corrected chi connectivity index (χ2v) is 4.96. The summed E-state index contributed by atoms with van der Waals surface area (Å²) in [7, 11) is 1.23. The summed E-state index contributed by atoms with van der Waals surface area (Å²) in [5, 5.41) is 4.17. The minimum Gasteiger partial charge on any atom is -0.463 e. The van der Waals surface area contributed by atoms with Crippen LogP contribution < -0.4 is 5.56 Å². The van der Waals surface area contributed by atoms with Crippen LogP contribution in [0.2, 0.25) is 0 Å². The molecule has 7 heteroatoms. The third-order valence-corrected chi connectivity index (χ3v) is 3.45. The summed E-state index contributed by atoms with van der Waals surface area (Å²) in [6, 6.07) is 10.4. The fourth-order valence-electron chi connectivity index (χ4n) is 2.27. The van der Waals surface area contributed by atoms with Crippen molar-refractivity contribution in [3.63, 3.8) is 0 Å². The lowest BCUT2D eigenvalue weighted by molar-refractivity contribution is 0.0563. The van der Waals surface area contributed by atoms with Crippen LogP contribution in [0, 0.1) is 5.82 Å². The minimum atomic E-state index is -0.645. The zero-order valence-electron chi connectivity index (χ0n) is 12.7. The largest absolute Gasteiger partial charge is 0.463 e. The van der Waals surface area contributed by atoms with Gasteiger partial charge in [-0.1, -0.05) is 12.1 Å². The number of rotatable bonds is 4. The molecular formula is C17H13FN2O4. The first-order valence-corrected chi connectivity index (χ1v) is 7.08. The topological polar surface area (TPSA) is 74.3 Å². The Kier molecular flexibility index (Phi) is 4.24. The fraction of sp³-hybridized carbons (Fsp3) is 0.118. The Morgan fingerprint density at radius 3 is 2.79 bits per heavy atom. The van der Waals surface area contributed by atoms with Gasteiger partial charge in [-0.05, 0) is 24.3 Å². The third-order valence-electron chi connectivity index (χ3n) is 3.45. The molecule has 24 heavy (non-hydrogen) atoms. The molecule has 2 heterocycles. The Morgan fingerprint density at radius 2 is 2.04 bits per heavy atom. The van der Waals surface area contributed by atoms with E-state index in [2.05, 4.69) is 9.84 Å². The van der Waals surface area contributed by atoms with Crippen molar-refractivity contribution >= 4 is 5.97 Å². The molecule has 122 valence electrons. The highest BCUT2D eigenvalue weighted by Gasteiger charge is 2.17. The SMILES string of the molecule is COC(=O)c1occc1Cn1nc(-c2ccccc2F)ccc1=O. The number of halogens is 1. The normalized spacial score (nSPS) is 10.6. The molecule has 0 N–H and O–H groups in total. The molecule has 2 aromatic heterocycles. The second-order valence-electron chi connectivity index (χ2n) is 4.96. The molecular weight excluding hydrogens is 315 g/mol. The van der Waals surface area contributed by atoms with Gasteiger partial charge in [-0.3, -0.25) is 4.79 Å². The second kappa shape index (κ2) is 6.49. The van der Waals surface area contributed by atoms with Gasteiger partial charge >= 0.3 is 5.97 Å². The van der Waals surface area contributed by atoms with Crippen molar-refractivity contribution in [1.29, 1.82) is 0 Å². The van der Waals surface area contributed by atoms with Crippen LogP contribution in [-0.4, -0.2) is 22.9 Å². The Hall–Kier alpha value is -3.22. The number of nitrogens with zero attached hydrogens (tertiary/aromatic N) is 2. The lowest BCUT2D eigenvalue weighted by atomic mass is 10.1. The average molecular weight is 328 g/mol. The van der Waals surface area contributed by atoms with E-state index in [0.29, 0.717) is 11.3 Å². The summed E-state index contributed by atoms with van der Waals surface area (Å²) < 4.78 is 24.7. The molecule has 0 radical (unpaired) electrons. The maximum Gasteiger partial charge on any atom is 0.374 e. The standard InChI is InChI=1S/C17H13FN2O4/c1-23-17(22)16-11(8-9-24-16)10-20-15(21)7-6-14(19-20)12-4-2-3-5-13(12)18/h2-9H,10H2,1H3. The summed E-state index contributed by atoms with van der Waals surface area (Å²) in [6.07, 6.45) is 1.33. The van der Waals surface area contributed by atoms with Crippen LogP contribution in [0.25, 0.3) is 11.3 Å². The maximum atomic E-state index is 13.9. The van der Waals surface area contributed by atoms with Crippen molar-refractivity contribution in [3.8, 4) is 11.3 Å². The summed E-state index contributed by atoms with van der Waals surface area (Å²) in [4.78, 5) is 23.7. The monoisotopic (exact) mass is 328 g/mol. The van der Waals surface area contributed by atoms with E-state index in [1.165, 1.54) is 31.6 Å². The van der Waals surface area contributed by atoms with Gasteiger partial charge in [-0.25, -0.2) is 13.9 Å². The van der Waals surface area contributed by atoms with Crippen molar-refractivity contribution < 1.29 is 18.3 Å². The first kappa shape index (κ1) is 15.7. The van der Waals surface area contributed by atoms with E-state index in [0.717, 1.165) is 4.68 Å². The molecule has 3 rings (SSSR count). The average Bonchev–Trinajstić information content (AvgIpc) is 3.05. The fourth-order valence-corrected chi connectivity index (χ4v) is 2.27. The Balaban J connectivity index is 2.00. The zero-order chi connectivity index (χ0) is 17.1. The van der Waals surface area contributed by atoms with Crippen molar-refractivity contribution in [2.45, 2.75) is 6.54 Å². The Bertz CT molecular complexity index is 946. The first-order chi connectivity index (χ1) is 11.6. The van der Waals surface area contributed by atoms with E-state index >= 15 is 0 Å². The number of carbonyl (C=O) groups is 1. The van der Waals surface area contributed by atoms with Crippen molar-refractivity contribution in [1.82, 2.24) is 9.78 Å². The maximum absolute atomic E-state index is 13.9. The van der Waals surface area contributed by atoms with Gasteiger partial charge in [0, 0.05) is 17.2 Å². The van der Waals surface area contributed by atoms with E-state index < -0.39 is 11.8 Å². The van der Waals surface area contributed by atoms with Gasteiger partial charge in [-0.15, -0.1) is 0 Å². The van der Waals surface area contributed by atoms with Gasteiger partial charge < -0.3 is 9.15 Å². The number of carbonyl (C=O) groups excluding carboxylic acids is 1.